The average molecular weight is 282 g/mol. The molecule has 7 nitrogen and oxygen atoms in total. The van der Waals surface area contributed by atoms with Gasteiger partial charge in [0.05, 0.1) is 6.54 Å². The van der Waals surface area contributed by atoms with Gasteiger partial charge in [0.2, 0.25) is 15.9 Å². The molecule has 0 atom stereocenters. The predicted molar refractivity (Wildman–Crippen MR) is 67.4 cm³/mol. The highest BCUT2D eigenvalue weighted by Crippen LogP contribution is 2.06. The number of pyridine rings is 1. The molecule has 2 N–H and O–H groups in total. The molecule has 0 fully saturated rings. The molecular formula is C11H14N4O3S. The molecule has 0 spiro atoms. The van der Waals surface area contributed by atoms with Crippen molar-refractivity contribution in [1.29, 1.82) is 5.26 Å². The van der Waals surface area contributed by atoms with Gasteiger partial charge in [-0.1, -0.05) is 0 Å². The zero-order valence-electron chi connectivity index (χ0n) is 10.5. The number of nitrogens with zero attached hydrogens (tertiary/aromatic N) is 2. The molecule has 0 aliphatic heterocycles. The van der Waals surface area contributed by atoms with Crippen LogP contribution in [0.1, 0.15) is 19.5 Å². The van der Waals surface area contributed by atoms with Crippen LogP contribution in [-0.4, -0.2) is 31.9 Å². The van der Waals surface area contributed by atoms with E-state index >= 15 is 0 Å². The van der Waals surface area contributed by atoms with Gasteiger partial charge >= 0.3 is 0 Å². The number of aromatic nitrogens is 1. The van der Waals surface area contributed by atoms with Gasteiger partial charge in [-0.2, -0.15) is 5.26 Å². The van der Waals surface area contributed by atoms with Gasteiger partial charge in [0.1, 0.15) is 16.7 Å². The minimum atomic E-state index is -3.80. The molecule has 102 valence electrons. The fourth-order valence-electron chi connectivity index (χ4n) is 1.22. The van der Waals surface area contributed by atoms with Crippen molar-refractivity contribution in [2.75, 3.05) is 6.54 Å². The maximum absolute atomic E-state index is 11.8. The van der Waals surface area contributed by atoms with Gasteiger partial charge in [-0.25, -0.2) is 18.1 Å². The summed E-state index contributed by atoms with van der Waals surface area (Å²) in [5.41, 5.74) is 0.122. The summed E-state index contributed by atoms with van der Waals surface area (Å²) in [5.74, 6) is -0.417. The Morgan fingerprint density at radius 2 is 2.16 bits per heavy atom. The Balaban J connectivity index is 2.71. The van der Waals surface area contributed by atoms with E-state index in [2.05, 4.69) is 15.0 Å². The molecule has 0 aromatic carbocycles. The quantitative estimate of drug-likeness (QED) is 0.773. The molecule has 1 rings (SSSR count). The SMILES string of the molecule is CC(C)NC(=O)CNS(=O)(=O)c1ccc(C#N)nc1. The third-order valence-corrected chi connectivity index (χ3v) is 3.42. The summed E-state index contributed by atoms with van der Waals surface area (Å²) in [6.07, 6.45) is 1.07. The van der Waals surface area contributed by atoms with E-state index in [4.69, 9.17) is 5.26 Å². The maximum Gasteiger partial charge on any atom is 0.242 e. The van der Waals surface area contributed by atoms with E-state index in [1.165, 1.54) is 12.1 Å². The van der Waals surface area contributed by atoms with Crippen molar-refractivity contribution in [1.82, 2.24) is 15.0 Å². The van der Waals surface area contributed by atoms with E-state index < -0.39 is 15.9 Å². The molecule has 1 heterocycles. The van der Waals surface area contributed by atoms with Crippen LogP contribution in [0.4, 0.5) is 0 Å². The van der Waals surface area contributed by atoms with Crippen molar-refractivity contribution < 1.29 is 13.2 Å². The molecule has 1 aromatic heterocycles. The summed E-state index contributed by atoms with van der Waals surface area (Å²) < 4.78 is 25.8. The van der Waals surface area contributed by atoms with Crippen LogP contribution < -0.4 is 10.0 Å². The normalized spacial score (nSPS) is 11.1. The summed E-state index contributed by atoms with van der Waals surface area (Å²) in [7, 11) is -3.80. The second-order valence-electron chi connectivity index (χ2n) is 4.04. The molecule has 0 aliphatic carbocycles. The highest BCUT2D eigenvalue weighted by Gasteiger charge is 2.16. The first-order valence-electron chi connectivity index (χ1n) is 5.50. The van der Waals surface area contributed by atoms with Gasteiger partial charge in [0, 0.05) is 12.2 Å². The van der Waals surface area contributed by atoms with Crippen molar-refractivity contribution in [2.45, 2.75) is 24.8 Å². The zero-order valence-corrected chi connectivity index (χ0v) is 11.4. The first-order valence-corrected chi connectivity index (χ1v) is 6.98. The van der Waals surface area contributed by atoms with Crippen molar-refractivity contribution in [3.8, 4) is 6.07 Å². The number of nitriles is 1. The third-order valence-electron chi connectivity index (χ3n) is 2.03. The lowest BCUT2D eigenvalue weighted by Gasteiger charge is -2.09. The molecule has 19 heavy (non-hydrogen) atoms. The Labute approximate surface area is 111 Å². The molecule has 1 amide bonds. The number of carbonyl (C=O) groups is 1. The lowest BCUT2D eigenvalue weighted by molar-refractivity contribution is -0.120. The van der Waals surface area contributed by atoms with E-state index in [9.17, 15) is 13.2 Å². The molecule has 0 aliphatic rings. The zero-order chi connectivity index (χ0) is 14.5. The largest absolute Gasteiger partial charge is 0.353 e. The molecule has 0 radical (unpaired) electrons. The molecule has 0 unspecified atom stereocenters. The van der Waals surface area contributed by atoms with Crippen LogP contribution >= 0.6 is 0 Å². The highest BCUT2D eigenvalue weighted by molar-refractivity contribution is 7.89. The van der Waals surface area contributed by atoms with Crippen molar-refractivity contribution >= 4 is 15.9 Å². The molecule has 0 saturated heterocycles. The maximum atomic E-state index is 11.8. The highest BCUT2D eigenvalue weighted by atomic mass is 32.2. The molecular weight excluding hydrogens is 268 g/mol. The van der Waals surface area contributed by atoms with Gasteiger partial charge in [-0.3, -0.25) is 4.79 Å². The molecule has 8 heteroatoms. The number of nitrogens with one attached hydrogen (secondary N) is 2. The summed E-state index contributed by atoms with van der Waals surface area (Å²) in [4.78, 5) is 14.9. The number of hydrogen-bond acceptors (Lipinski definition) is 5. The van der Waals surface area contributed by atoms with Crippen LogP contribution in [0.3, 0.4) is 0 Å². The summed E-state index contributed by atoms with van der Waals surface area (Å²) in [6, 6.07) is 4.28. The first kappa shape index (κ1) is 15.1. The standard InChI is InChI=1S/C11H14N4O3S/c1-8(2)15-11(16)7-14-19(17,18)10-4-3-9(5-12)13-6-10/h3-4,6,8,14H,7H2,1-2H3,(H,15,16). The monoisotopic (exact) mass is 282 g/mol. The van der Waals surface area contributed by atoms with Crippen molar-refractivity contribution in [3.05, 3.63) is 24.0 Å². The Morgan fingerprint density at radius 3 is 2.63 bits per heavy atom. The van der Waals surface area contributed by atoms with Crippen LogP contribution in [-0.2, 0) is 14.8 Å². The second-order valence-corrected chi connectivity index (χ2v) is 5.80. The summed E-state index contributed by atoms with van der Waals surface area (Å²) in [5, 5.41) is 11.1. The van der Waals surface area contributed by atoms with Crippen LogP contribution in [0.25, 0.3) is 0 Å². The van der Waals surface area contributed by atoms with Crippen LogP contribution in [0.5, 0.6) is 0 Å². The first-order chi connectivity index (χ1) is 8.85. The lowest BCUT2D eigenvalue weighted by Crippen LogP contribution is -2.39. The molecule has 1 aromatic rings. The Morgan fingerprint density at radius 1 is 1.47 bits per heavy atom. The molecule has 0 saturated carbocycles. The minimum absolute atomic E-state index is 0.0615. The van der Waals surface area contributed by atoms with Crippen LogP contribution in [0.2, 0.25) is 0 Å². The summed E-state index contributed by atoms with van der Waals surface area (Å²) in [6.45, 7) is 3.20. The number of hydrogen-bond donors (Lipinski definition) is 2. The van der Waals surface area contributed by atoms with Crippen LogP contribution in [0, 0.1) is 11.3 Å². The van der Waals surface area contributed by atoms with E-state index in [1.54, 1.807) is 19.9 Å². The number of amides is 1. The van der Waals surface area contributed by atoms with Gasteiger partial charge < -0.3 is 5.32 Å². The van der Waals surface area contributed by atoms with Gasteiger partial charge in [0.15, 0.2) is 0 Å². The van der Waals surface area contributed by atoms with Crippen molar-refractivity contribution in [3.63, 3.8) is 0 Å². The lowest BCUT2D eigenvalue weighted by atomic mass is 10.4. The summed E-state index contributed by atoms with van der Waals surface area (Å²) >= 11 is 0. The van der Waals surface area contributed by atoms with Gasteiger partial charge in [-0.15, -0.1) is 0 Å². The van der Waals surface area contributed by atoms with E-state index in [0.717, 1.165) is 6.20 Å². The third kappa shape index (κ3) is 4.65. The predicted octanol–water partition coefficient (Wildman–Crippen LogP) is -0.244. The number of sulfonamides is 1. The van der Waals surface area contributed by atoms with Gasteiger partial charge in [-0.05, 0) is 26.0 Å². The smallest absolute Gasteiger partial charge is 0.242 e. The fourth-order valence-corrected chi connectivity index (χ4v) is 2.15. The Kier molecular flexibility index (Phi) is 4.97. The van der Waals surface area contributed by atoms with E-state index in [1.807, 2.05) is 0 Å². The van der Waals surface area contributed by atoms with Crippen LogP contribution in [0.15, 0.2) is 23.2 Å². The van der Waals surface area contributed by atoms with Gasteiger partial charge in [0.25, 0.3) is 0 Å². The topological polar surface area (TPSA) is 112 Å². The fraction of sp³-hybridized carbons (Fsp3) is 0.364. The second kappa shape index (κ2) is 6.26. The van der Waals surface area contributed by atoms with E-state index in [0.29, 0.717) is 0 Å². The average Bonchev–Trinajstić information content (AvgIpc) is 2.36. The Bertz CT molecular complexity index is 587. The minimum Gasteiger partial charge on any atom is -0.353 e. The number of carbonyl (C=O) groups excluding carboxylic acids is 1. The number of rotatable bonds is 5. The molecule has 0 bridgehead atoms. The van der Waals surface area contributed by atoms with Crippen molar-refractivity contribution in [2.24, 2.45) is 0 Å². The van der Waals surface area contributed by atoms with E-state index in [-0.39, 0.29) is 23.2 Å². The Hall–Kier alpha value is -1.98.